The molecule has 3 nitrogen and oxygen atoms in total. The van der Waals surface area contributed by atoms with Crippen molar-refractivity contribution in [2.75, 3.05) is 7.11 Å². The number of hydrogen-bond acceptors (Lipinski definition) is 3. The molecule has 1 aromatic rings. The number of carbonyl (C=O) groups excluding carboxylic acids is 1. The minimum atomic E-state index is -4.63. The second-order valence-electron chi connectivity index (χ2n) is 3.47. The second-order valence-corrected chi connectivity index (χ2v) is 3.47. The summed E-state index contributed by atoms with van der Waals surface area (Å²) in [7, 11) is 1.08. The molecule has 0 unspecified atom stereocenters. The first-order valence-corrected chi connectivity index (χ1v) is 4.75. The summed E-state index contributed by atoms with van der Waals surface area (Å²) < 4.78 is 42.4. The summed E-state index contributed by atoms with van der Waals surface area (Å²) in [6, 6.07) is 2.93. The third-order valence-corrected chi connectivity index (χ3v) is 2.23. The van der Waals surface area contributed by atoms with E-state index in [1.165, 1.54) is 13.0 Å². The molecule has 0 bridgehead atoms. The molecular formula is C11H11F3O3. The summed E-state index contributed by atoms with van der Waals surface area (Å²) >= 11 is 0. The normalized spacial score (nSPS) is 13.3. The zero-order chi connectivity index (χ0) is 13.2. The molecular weight excluding hydrogens is 237 g/mol. The van der Waals surface area contributed by atoms with Gasteiger partial charge in [0.15, 0.2) is 0 Å². The number of hydrogen-bond donors (Lipinski definition) is 1. The highest BCUT2D eigenvalue weighted by molar-refractivity contribution is 5.89. The Morgan fingerprint density at radius 2 is 2.00 bits per heavy atom. The van der Waals surface area contributed by atoms with E-state index in [0.717, 1.165) is 13.2 Å². The number of halogens is 3. The van der Waals surface area contributed by atoms with Crippen LogP contribution in [-0.4, -0.2) is 18.2 Å². The zero-order valence-electron chi connectivity index (χ0n) is 9.21. The van der Waals surface area contributed by atoms with Crippen molar-refractivity contribution in [3.05, 3.63) is 34.9 Å². The van der Waals surface area contributed by atoms with E-state index in [0.29, 0.717) is 6.07 Å². The van der Waals surface area contributed by atoms with Crippen molar-refractivity contribution in [2.24, 2.45) is 0 Å². The van der Waals surface area contributed by atoms with Gasteiger partial charge in [-0.1, -0.05) is 6.07 Å². The maximum atomic E-state index is 12.7. The lowest BCUT2D eigenvalue weighted by molar-refractivity contribution is -0.139. The summed E-state index contributed by atoms with van der Waals surface area (Å²) in [6.07, 6.45) is -5.89. The van der Waals surface area contributed by atoms with E-state index in [-0.39, 0.29) is 11.1 Å². The molecule has 0 saturated carbocycles. The van der Waals surface area contributed by atoms with Crippen LogP contribution >= 0.6 is 0 Å². The van der Waals surface area contributed by atoms with Gasteiger partial charge < -0.3 is 9.84 Å². The molecule has 6 heteroatoms. The van der Waals surface area contributed by atoms with E-state index < -0.39 is 23.8 Å². The Morgan fingerprint density at radius 3 is 2.41 bits per heavy atom. The fourth-order valence-corrected chi connectivity index (χ4v) is 1.41. The summed E-state index contributed by atoms with van der Waals surface area (Å²) in [5.74, 6) is -0.854. The van der Waals surface area contributed by atoms with E-state index in [4.69, 9.17) is 0 Å². The van der Waals surface area contributed by atoms with E-state index in [2.05, 4.69) is 4.74 Å². The molecule has 1 aromatic carbocycles. The predicted octanol–water partition coefficient (Wildman–Crippen LogP) is 2.55. The molecule has 0 aliphatic heterocycles. The Morgan fingerprint density at radius 1 is 1.41 bits per heavy atom. The van der Waals surface area contributed by atoms with Gasteiger partial charge in [0.2, 0.25) is 0 Å². The smallest absolute Gasteiger partial charge is 0.416 e. The van der Waals surface area contributed by atoms with Crippen molar-refractivity contribution in [3.8, 4) is 0 Å². The first-order valence-electron chi connectivity index (χ1n) is 4.75. The van der Waals surface area contributed by atoms with Gasteiger partial charge in [-0.05, 0) is 24.6 Å². The van der Waals surface area contributed by atoms with Crippen LogP contribution in [-0.2, 0) is 10.9 Å². The van der Waals surface area contributed by atoms with Crippen LogP contribution in [0.2, 0.25) is 0 Å². The number of aliphatic hydroxyl groups is 1. The van der Waals surface area contributed by atoms with Gasteiger partial charge in [-0.25, -0.2) is 4.79 Å². The highest BCUT2D eigenvalue weighted by Gasteiger charge is 2.35. The van der Waals surface area contributed by atoms with E-state index >= 15 is 0 Å². The Kier molecular flexibility index (Phi) is 3.77. The van der Waals surface area contributed by atoms with E-state index in [1.807, 2.05) is 0 Å². The molecule has 17 heavy (non-hydrogen) atoms. The van der Waals surface area contributed by atoms with Gasteiger partial charge >= 0.3 is 12.1 Å². The number of carbonyl (C=O) groups is 1. The molecule has 0 spiro atoms. The SMILES string of the molecule is COC(=O)c1ccc([C@H](C)O)c(C(F)(F)F)c1. The van der Waals surface area contributed by atoms with Crippen molar-refractivity contribution >= 4 is 5.97 Å². The van der Waals surface area contributed by atoms with Gasteiger partial charge in [-0.2, -0.15) is 13.2 Å². The van der Waals surface area contributed by atoms with Gasteiger partial charge in [0.1, 0.15) is 0 Å². The standard InChI is InChI=1S/C11H11F3O3/c1-6(15)8-4-3-7(10(16)17-2)5-9(8)11(12,13)14/h3-6,15H,1-2H3/t6-/m0/s1. The van der Waals surface area contributed by atoms with Crippen LogP contribution in [0.4, 0.5) is 13.2 Å². The molecule has 1 N–H and O–H groups in total. The first kappa shape index (κ1) is 13.5. The van der Waals surface area contributed by atoms with Gasteiger partial charge in [0.05, 0.1) is 24.3 Å². The van der Waals surface area contributed by atoms with Crippen molar-refractivity contribution in [1.82, 2.24) is 0 Å². The van der Waals surface area contributed by atoms with Crippen LogP contribution in [0.3, 0.4) is 0 Å². The van der Waals surface area contributed by atoms with Crippen LogP contribution in [0, 0.1) is 0 Å². The molecule has 0 aliphatic carbocycles. The number of aliphatic hydroxyl groups excluding tert-OH is 1. The molecule has 0 saturated heterocycles. The van der Waals surface area contributed by atoms with Gasteiger partial charge in [0, 0.05) is 0 Å². The molecule has 0 radical (unpaired) electrons. The molecule has 0 fully saturated rings. The number of rotatable bonds is 2. The molecule has 1 atom stereocenters. The lowest BCUT2D eigenvalue weighted by Gasteiger charge is -2.15. The van der Waals surface area contributed by atoms with Crippen LogP contribution in [0.25, 0.3) is 0 Å². The molecule has 0 aliphatic rings. The molecule has 0 heterocycles. The van der Waals surface area contributed by atoms with Crippen molar-refractivity contribution in [3.63, 3.8) is 0 Å². The fraction of sp³-hybridized carbons (Fsp3) is 0.364. The molecule has 0 amide bonds. The minimum absolute atomic E-state index is 0.204. The number of alkyl halides is 3. The summed E-state index contributed by atoms with van der Waals surface area (Å²) in [6.45, 7) is 1.22. The van der Waals surface area contributed by atoms with Crippen molar-refractivity contribution in [2.45, 2.75) is 19.2 Å². The van der Waals surface area contributed by atoms with Crippen LogP contribution < -0.4 is 0 Å². The zero-order valence-corrected chi connectivity index (χ0v) is 9.21. The average Bonchev–Trinajstić information content (AvgIpc) is 2.25. The van der Waals surface area contributed by atoms with E-state index in [1.54, 1.807) is 0 Å². The molecule has 1 rings (SSSR count). The molecule has 94 valence electrons. The monoisotopic (exact) mass is 248 g/mol. The highest BCUT2D eigenvalue weighted by atomic mass is 19.4. The van der Waals surface area contributed by atoms with E-state index in [9.17, 15) is 23.1 Å². The minimum Gasteiger partial charge on any atom is -0.465 e. The fourth-order valence-electron chi connectivity index (χ4n) is 1.41. The summed E-state index contributed by atoms with van der Waals surface area (Å²) in [5, 5.41) is 9.24. The van der Waals surface area contributed by atoms with Crippen LogP contribution in [0.15, 0.2) is 18.2 Å². The highest BCUT2D eigenvalue weighted by Crippen LogP contribution is 2.35. The van der Waals surface area contributed by atoms with Gasteiger partial charge in [0.25, 0.3) is 0 Å². The summed E-state index contributed by atoms with van der Waals surface area (Å²) in [4.78, 5) is 11.1. The van der Waals surface area contributed by atoms with Crippen LogP contribution in [0.1, 0.15) is 34.5 Å². The summed E-state index contributed by atoms with van der Waals surface area (Å²) in [5.41, 5.74) is -1.51. The number of methoxy groups -OCH3 is 1. The average molecular weight is 248 g/mol. The number of benzene rings is 1. The lowest BCUT2D eigenvalue weighted by Crippen LogP contribution is -2.13. The largest absolute Gasteiger partial charge is 0.465 e. The first-order chi connectivity index (χ1) is 7.77. The maximum absolute atomic E-state index is 12.7. The quantitative estimate of drug-likeness (QED) is 0.818. The number of ether oxygens (including phenoxy) is 1. The Balaban J connectivity index is 3.35. The van der Waals surface area contributed by atoms with Crippen molar-refractivity contribution in [1.29, 1.82) is 0 Å². The Hall–Kier alpha value is -1.56. The third kappa shape index (κ3) is 2.97. The van der Waals surface area contributed by atoms with Gasteiger partial charge in [-0.15, -0.1) is 0 Å². The van der Waals surface area contributed by atoms with Gasteiger partial charge in [-0.3, -0.25) is 0 Å². The second kappa shape index (κ2) is 4.75. The molecule has 0 aromatic heterocycles. The predicted molar refractivity (Wildman–Crippen MR) is 53.4 cm³/mol. The third-order valence-electron chi connectivity index (χ3n) is 2.23. The van der Waals surface area contributed by atoms with Crippen LogP contribution in [0.5, 0.6) is 0 Å². The Bertz CT molecular complexity index is 424. The van der Waals surface area contributed by atoms with Crippen molar-refractivity contribution < 1.29 is 27.8 Å². The maximum Gasteiger partial charge on any atom is 0.416 e. The Labute approximate surface area is 95.8 Å². The lowest BCUT2D eigenvalue weighted by atomic mass is 10.00. The number of esters is 1. The topological polar surface area (TPSA) is 46.5 Å².